The van der Waals surface area contributed by atoms with Crippen LogP contribution in [0.15, 0.2) is 0 Å². The van der Waals surface area contributed by atoms with Gasteiger partial charge in [0.05, 0.1) is 0 Å². The first-order chi connectivity index (χ1) is 6.09. The molecule has 3 atom stereocenters. The minimum Gasteiger partial charge on any atom is -0.315 e. The largest absolute Gasteiger partial charge is 0.315 e. The molecule has 1 aliphatic carbocycles. The summed E-state index contributed by atoms with van der Waals surface area (Å²) in [5.41, 5.74) is 0.610. The van der Waals surface area contributed by atoms with E-state index in [0.717, 1.165) is 18.5 Å². The molecule has 3 unspecified atom stereocenters. The van der Waals surface area contributed by atoms with Crippen molar-refractivity contribution in [1.29, 1.82) is 0 Å². The van der Waals surface area contributed by atoms with Crippen LogP contribution in [0.1, 0.15) is 33.6 Å². The maximum Gasteiger partial charge on any atom is 0.0207 e. The molecule has 2 aliphatic rings. The third-order valence-corrected chi connectivity index (χ3v) is 3.75. The molecule has 1 aliphatic heterocycles. The lowest BCUT2D eigenvalue weighted by Crippen LogP contribution is -2.39. The Morgan fingerprint density at radius 2 is 2.15 bits per heavy atom. The summed E-state index contributed by atoms with van der Waals surface area (Å²) in [5, 5.41) is 7.13. The minimum atomic E-state index is 0.610. The third kappa shape index (κ3) is 2.05. The molecule has 2 rings (SSSR count). The molecule has 2 N–H and O–H groups in total. The fourth-order valence-electron chi connectivity index (χ4n) is 2.65. The molecule has 1 saturated carbocycles. The Balaban J connectivity index is 1.75. The summed E-state index contributed by atoms with van der Waals surface area (Å²) in [6.45, 7) is 9.46. The van der Waals surface area contributed by atoms with Crippen molar-refractivity contribution in [3.05, 3.63) is 0 Å². The van der Waals surface area contributed by atoms with E-state index in [1.54, 1.807) is 0 Å². The maximum atomic E-state index is 3.73. The highest BCUT2D eigenvalue weighted by Gasteiger charge is 2.48. The fraction of sp³-hybridized carbons (Fsp3) is 1.00. The van der Waals surface area contributed by atoms with E-state index in [1.807, 2.05) is 0 Å². The van der Waals surface area contributed by atoms with Crippen LogP contribution < -0.4 is 10.6 Å². The molecule has 13 heavy (non-hydrogen) atoms. The number of nitrogens with one attached hydrogen (secondary N) is 2. The van der Waals surface area contributed by atoms with Crippen molar-refractivity contribution in [1.82, 2.24) is 10.6 Å². The summed E-state index contributed by atoms with van der Waals surface area (Å²) in [6, 6.07) is 1.44. The van der Waals surface area contributed by atoms with E-state index >= 15 is 0 Å². The second-order valence-corrected chi connectivity index (χ2v) is 5.44. The van der Waals surface area contributed by atoms with Gasteiger partial charge in [-0.3, -0.25) is 0 Å². The number of rotatable bonds is 3. The number of hydrogen-bond donors (Lipinski definition) is 2. The highest BCUT2D eigenvalue weighted by molar-refractivity contribution is 5.01. The molecule has 0 aromatic heterocycles. The SMILES string of the molecule is CC(NC1CCNC1)C1CC1(C)C. The van der Waals surface area contributed by atoms with Gasteiger partial charge in [-0.1, -0.05) is 13.8 Å². The maximum absolute atomic E-state index is 3.73. The monoisotopic (exact) mass is 182 g/mol. The molecular weight excluding hydrogens is 160 g/mol. The zero-order valence-corrected chi connectivity index (χ0v) is 9.06. The predicted molar refractivity (Wildman–Crippen MR) is 55.8 cm³/mol. The second kappa shape index (κ2) is 3.25. The topological polar surface area (TPSA) is 24.1 Å². The molecule has 0 aromatic rings. The van der Waals surface area contributed by atoms with E-state index in [9.17, 15) is 0 Å². The van der Waals surface area contributed by atoms with Gasteiger partial charge in [0.2, 0.25) is 0 Å². The smallest absolute Gasteiger partial charge is 0.0207 e. The molecule has 1 saturated heterocycles. The molecule has 1 heterocycles. The van der Waals surface area contributed by atoms with Gasteiger partial charge in [-0.15, -0.1) is 0 Å². The molecule has 0 spiro atoms. The first-order valence-electron chi connectivity index (χ1n) is 5.56. The summed E-state index contributed by atoms with van der Waals surface area (Å²) in [6.07, 6.45) is 2.71. The molecule has 2 heteroatoms. The van der Waals surface area contributed by atoms with Gasteiger partial charge in [-0.05, 0) is 37.6 Å². The zero-order chi connectivity index (χ0) is 9.47. The van der Waals surface area contributed by atoms with Crippen LogP contribution >= 0.6 is 0 Å². The Hall–Kier alpha value is -0.0800. The summed E-state index contributed by atoms with van der Waals surface area (Å²) in [4.78, 5) is 0. The molecule has 0 bridgehead atoms. The van der Waals surface area contributed by atoms with Gasteiger partial charge in [-0.2, -0.15) is 0 Å². The predicted octanol–water partition coefficient (Wildman–Crippen LogP) is 1.37. The Morgan fingerprint density at radius 1 is 1.46 bits per heavy atom. The number of hydrogen-bond acceptors (Lipinski definition) is 2. The van der Waals surface area contributed by atoms with E-state index < -0.39 is 0 Å². The van der Waals surface area contributed by atoms with Gasteiger partial charge in [0.15, 0.2) is 0 Å². The van der Waals surface area contributed by atoms with Crippen molar-refractivity contribution >= 4 is 0 Å². The van der Waals surface area contributed by atoms with Crippen LogP contribution in [0.3, 0.4) is 0 Å². The molecule has 0 radical (unpaired) electrons. The lowest BCUT2D eigenvalue weighted by atomic mass is 10.0. The van der Waals surface area contributed by atoms with Crippen LogP contribution in [0.4, 0.5) is 0 Å². The van der Waals surface area contributed by atoms with Crippen molar-refractivity contribution < 1.29 is 0 Å². The van der Waals surface area contributed by atoms with Crippen LogP contribution in [-0.2, 0) is 0 Å². The molecule has 0 aromatic carbocycles. The van der Waals surface area contributed by atoms with Gasteiger partial charge in [-0.25, -0.2) is 0 Å². The summed E-state index contributed by atoms with van der Waals surface area (Å²) in [5.74, 6) is 0.910. The Morgan fingerprint density at radius 3 is 2.62 bits per heavy atom. The van der Waals surface area contributed by atoms with Crippen LogP contribution in [0.5, 0.6) is 0 Å². The first kappa shape index (κ1) is 9.47. The summed E-state index contributed by atoms with van der Waals surface area (Å²) >= 11 is 0. The summed E-state index contributed by atoms with van der Waals surface area (Å²) in [7, 11) is 0. The molecule has 2 nitrogen and oxygen atoms in total. The van der Waals surface area contributed by atoms with Gasteiger partial charge in [0, 0.05) is 18.6 Å². The van der Waals surface area contributed by atoms with E-state index in [1.165, 1.54) is 19.4 Å². The van der Waals surface area contributed by atoms with Gasteiger partial charge in [0.25, 0.3) is 0 Å². The highest BCUT2D eigenvalue weighted by atomic mass is 15.1. The molecule has 0 amide bonds. The van der Waals surface area contributed by atoms with E-state index in [0.29, 0.717) is 11.5 Å². The second-order valence-electron chi connectivity index (χ2n) is 5.44. The third-order valence-electron chi connectivity index (χ3n) is 3.75. The Labute approximate surface area is 81.5 Å². The van der Waals surface area contributed by atoms with Crippen molar-refractivity contribution in [3.63, 3.8) is 0 Å². The standard InChI is InChI=1S/C11H22N2/c1-8(10-6-11(10,2)3)13-9-4-5-12-7-9/h8-10,12-13H,4-7H2,1-3H3. The zero-order valence-electron chi connectivity index (χ0n) is 9.06. The normalized spacial score (nSPS) is 39.0. The van der Waals surface area contributed by atoms with Crippen LogP contribution in [0.25, 0.3) is 0 Å². The van der Waals surface area contributed by atoms with Gasteiger partial charge < -0.3 is 10.6 Å². The van der Waals surface area contributed by atoms with Crippen LogP contribution in [0.2, 0.25) is 0 Å². The summed E-state index contributed by atoms with van der Waals surface area (Å²) < 4.78 is 0. The van der Waals surface area contributed by atoms with Crippen molar-refractivity contribution in [2.75, 3.05) is 13.1 Å². The van der Waals surface area contributed by atoms with Gasteiger partial charge in [0.1, 0.15) is 0 Å². The minimum absolute atomic E-state index is 0.610. The van der Waals surface area contributed by atoms with Gasteiger partial charge >= 0.3 is 0 Å². The Kier molecular flexibility index (Phi) is 2.37. The van der Waals surface area contributed by atoms with E-state index in [-0.39, 0.29) is 0 Å². The van der Waals surface area contributed by atoms with Crippen LogP contribution in [-0.4, -0.2) is 25.2 Å². The Bertz CT molecular complexity index is 183. The first-order valence-corrected chi connectivity index (χ1v) is 5.56. The lowest BCUT2D eigenvalue weighted by molar-refractivity contribution is 0.388. The lowest BCUT2D eigenvalue weighted by Gasteiger charge is -2.20. The van der Waals surface area contributed by atoms with Crippen molar-refractivity contribution in [3.8, 4) is 0 Å². The quantitative estimate of drug-likeness (QED) is 0.689. The fourth-order valence-corrected chi connectivity index (χ4v) is 2.65. The van der Waals surface area contributed by atoms with E-state index in [4.69, 9.17) is 0 Å². The van der Waals surface area contributed by atoms with Crippen molar-refractivity contribution in [2.45, 2.75) is 45.7 Å². The average molecular weight is 182 g/mol. The molecular formula is C11H22N2. The average Bonchev–Trinajstić information content (AvgIpc) is 2.49. The molecule has 76 valence electrons. The van der Waals surface area contributed by atoms with E-state index in [2.05, 4.69) is 31.4 Å². The molecule has 2 fully saturated rings. The van der Waals surface area contributed by atoms with Crippen molar-refractivity contribution in [2.24, 2.45) is 11.3 Å². The highest BCUT2D eigenvalue weighted by Crippen LogP contribution is 2.53. The van der Waals surface area contributed by atoms with Crippen LogP contribution in [0, 0.1) is 11.3 Å².